The van der Waals surface area contributed by atoms with Crippen LogP contribution in [-0.4, -0.2) is 39.2 Å². The van der Waals surface area contributed by atoms with E-state index in [-0.39, 0.29) is 35.0 Å². The first kappa shape index (κ1) is 15.7. The molecule has 0 heterocycles. The SMILES string of the molecule is O.[NaH].[O]=[Mn](=[O])(=[O])[OH]. The molecule has 5 nitrogen and oxygen atoms in total. The Hall–Kier alpha value is 0.839. The van der Waals surface area contributed by atoms with Crippen LogP contribution in [0.5, 0.6) is 0 Å². The van der Waals surface area contributed by atoms with Crippen LogP contribution in [0.3, 0.4) is 0 Å². The molecule has 0 rings (SSSR count). The Kier molecular flexibility index (Phi) is 11.2. The van der Waals surface area contributed by atoms with Gasteiger partial charge in [0.05, 0.1) is 0 Å². The van der Waals surface area contributed by atoms with Crippen molar-refractivity contribution in [3.8, 4) is 0 Å². The molecule has 0 aromatic heterocycles. The Bertz CT molecular complexity index is 129. The van der Waals surface area contributed by atoms with Crippen molar-refractivity contribution in [1.29, 1.82) is 0 Å². The van der Waals surface area contributed by atoms with Crippen LogP contribution in [0.2, 0.25) is 0 Å². The molecule has 0 bridgehead atoms. The summed E-state index contributed by atoms with van der Waals surface area (Å²) in [6, 6.07) is 0. The predicted octanol–water partition coefficient (Wildman–Crippen LogP) is -2.39. The third-order valence-corrected chi connectivity index (χ3v) is 0. The van der Waals surface area contributed by atoms with Crippen molar-refractivity contribution in [2.75, 3.05) is 0 Å². The molecular formula is H4MnNaO5. The molecule has 0 amide bonds. The monoisotopic (exact) mass is 162 g/mol. The van der Waals surface area contributed by atoms with E-state index in [0.717, 1.165) is 0 Å². The second-order valence-corrected chi connectivity index (χ2v) is 1.63. The molecule has 0 aliphatic carbocycles. The van der Waals surface area contributed by atoms with Crippen LogP contribution >= 0.6 is 0 Å². The molecule has 0 unspecified atom stereocenters. The van der Waals surface area contributed by atoms with Crippen LogP contribution in [0, 0.1) is 0 Å². The quantitative estimate of drug-likeness (QED) is 0.401. The minimum atomic E-state index is -5.38. The number of hydrogen-bond donors (Lipinski definition) is 1. The molecule has 0 aromatic rings. The van der Waals surface area contributed by atoms with Gasteiger partial charge in [0.1, 0.15) is 0 Å². The van der Waals surface area contributed by atoms with Crippen LogP contribution in [0.15, 0.2) is 0 Å². The summed E-state index contributed by atoms with van der Waals surface area (Å²) in [5.74, 6) is 0. The fourth-order valence-electron chi connectivity index (χ4n) is 0. The van der Waals surface area contributed by atoms with E-state index in [0.29, 0.717) is 0 Å². The van der Waals surface area contributed by atoms with Crippen LogP contribution in [0.25, 0.3) is 0 Å². The van der Waals surface area contributed by atoms with Gasteiger partial charge in [-0.15, -0.1) is 0 Å². The van der Waals surface area contributed by atoms with Gasteiger partial charge in [0.15, 0.2) is 0 Å². The first-order valence-electron chi connectivity index (χ1n) is 0.632. The maximum absolute atomic E-state index is 8.69. The Balaban J connectivity index is -0.0000000800. The molecule has 0 fully saturated rings. The molecule has 0 aliphatic rings. The molecule has 42 valence electrons. The molecule has 3 N–H and O–H groups in total. The van der Waals surface area contributed by atoms with Gasteiger partial charge in [-0.1, -0.05) is 0 Å². The van der Waals surface area contributed by atoms with Crippen molar-refractivity contribution >= 4 is 29.6 Å². The Morgan fingerprint density at radius 1 is 1.14 bits per heavy atom. The average Bonchev–Trinajstić information content (AvgIpc) is 0.722. The van der Waals surface area contributed by atoms with Gasteiger partial charge in [0.2, 0.25) is 0 Å². The van der Waals surface area contributed by atoms with Crippen LogP contribution in [0.4, 0.5) is 0 Å². The molecule has 0 saturated heterocycles. The first-order valence-corrected chi connectivity index (χ1v) is 2.61. The van der Waals surface area contributed by atoms with Gasteiger partial charge in [-0.05, 0) is 0 Å². The van der Waals surface area contributed by atoms with Gasteiger partial charge in [-0.3, -0.25) is 0 Å². The molecule has 0 aromatic carbocycles. The second-order valence-electron chi connectivity index (χ2n) is 0.396. The van der Waals surface area contributed by atoms with E-state index in [9.17, 15) is 0 Å². The average molecular weight is 162 g/mol. The summed E-state index contributed by atoms with van der Waals surface area (Å²) in [4.78, 5) is 0. The van der Waals surface area contributed by atoms with Crippen molar-refractivity contribution in [2.24, 2.45) is 0 Å². The van der Waals surface area contributed by atoms with Crippen molar-refractivity contribution in [3.05, 3.63) is 0 Å². The zero-order chi connectivity index (χ0) is 4.50. The zero-order valence-electron chi connectivity index (χ0n) is 2.55. The summed E-state index contributed by atoms with van der Waals surface area (Å²) in [5.41, 5.74) is 0. The molecule has 0 aliphatic heterocycles. The molecule has 7 heteroatoms. The van der Waals surface area contributed by atoms with Gasteiger partial charge in [-0.2, -0.15) is 0 Å². The minimum absolute atomic E-state index is 0. The van der Waals surface area contributed by atoms with Crippen LogP contribution in [-0.2, 0) is 24.5 Å². The van der Waals surface area contributed by atoms with E-state index in [1.807, 2.05) is 0 Å². The number of rotatable bonds is 0. The number of hydrogen-bond acceptors (Lipinski definition) is 3. The Morgan fingerprint density at radius 2 is 1.14 bits per heavy atom. The molecule has 0 radical (unpaired) electrons. The van der Waals surface area contributed by atoms with E-state index < -0.39 is 13.0 Å². The third-order valence-electron chi connectivity index (χ3n) is 0. The summed E-state index contributed by atoms with van der Waals surface area (Å²) in [7, 11) is 0. The predicted molar refractivity (Wildman–Crippen MR) is 15.0 cm³/mol. The Morgan fingerprint density at radius 3 is 1.14 bits per heavy atom. The van der Waals surface area contributed by atoms with Gasteiger partial charge in [-0.25, -0.2) is 0 Å². The van der Waals surface area contributed by atoms with Gasteiger partial charge in [0, 0.05) is 0 Å². The van der Waals surface area contributed by atoms with Gasteiger partial charge in [0.25, 0.3) is 0 Å². The fraction of sp³-hybridized carbons (Fsp3) is 0. The molecule has 7 heavy (non-hydrogen) atoms. The van der Waals surface area contributed by atoms with Crippen molar-refractivity contribution in [1.82, 2.24) is 0 Å². The maximum atomic E-state index is 8.69. The summed E-state index contributed by atoms with van der Waals surface area (Å²) in [6.45, 7) is 0. The topological polar surface area (TPSA) is 103 Å². The Labute approximate surface area is 63.5 Å². The van der Waals surface area contributed by atoms with E-state index >= 15 is 0 Å². The van der Waals surface area contributed by atoms with E-state index in [1.165, 1.54) is 0 Å². The van der Waals surface area contributed by atoms with Crippen LogP contribution < -0.4 is 0 Å². The summed E-state index contributed by atoms with van der Waals surface area (Å²) < 4.78 is 33.1. The van der Waals surface area contributed by atoms with E-state index in [4.69, 9.17) is 15.7 Å². The third kappa shape index (κ3) is 227. The summed E-state index contributed by atoms with van der Waals surface area (Å²) in [5, 5.41) is 0. The first-order chi connectivity index (χ1) is 2.00. The fourth-order valence-corrected chi connectivity index (χ4v) is 0. The van der Waals surface area contributed by atoms with E-state index in [1.54, 1.807) is 0 Å². The molecule has 0 saturated carbocycles. The van der Waals surface area contributed by atoms with Crippen LogP contribution in [0.1, 0.15) is 0 Å². The molecule has 0 atom stereocenters. The van der Waals surface area contributed by atoms with Crippen molar-refractivity contribution in [3.63, 3.8) is 0 Å². The molecular weight excluding hydrogens is 158 g/mol. The second kappa shape index (κ2) is 4.99. The van der Waals surface area contributed by atoms with Crippen molar-refractivity contribution in [2.45, 2.75) is 0 Å². The van der Waals surface area contributed by atoms with Gasteiger partial charge < -0.3 is 5.48 Å². The van der Waals surface area contributed by atoms with Gasteiger partial charge >= 0.3 is 58.2 Å². The normalized spacial score (nSPS) is 8.14. The van der Waals surface area contributed by atoms with Crippen molar-refractivity contribution < 1.29 is 34.1 Å². The van der Waals surface area contributed by atoms with E-state index in [2.05, 4.69) is 0 Å². The zero-order valence-corrected chi connectivity index (χ0v) is 3.73. The molecule has 0 spiro atoms. The summed E-state index contributed by atoms with van der Waals surface area (Å²) >= 11 is -5.38. The summed E-state index contributed by atoms with van der Waals surface area (Å²) in [6.07, 6.45) is 0. The standard InChI is InChI=1S/Mn.Na.2H2O.3O.H/h;;2*1H2;;;;/q+1;;;;;;;/p-1.